The van der Waals surface area contributed by atoms with Gasteiger partial charge in [0.05, 0.1) is 19.8 Å². The van der Waals surface area contributed by atoms with E-state index in [1.165, 1.54) is 128 Å². The van der Waals surface area contributed by atoms with Crippen molar-refractivity contribution in [1.29, 1.82) is 0 Å². The van der Waals surface area contributed by atoms with Gasteiger partial charge in [0.15, 0.2) is 18.7 Å². The third kappa shape index (κ3) is 28.0. The molecule has 0 radical (unpaired) electrons. The van der Waals surface area contributed by atoms with Gasteiger partial charge >= 0.3 is 11.9 Å². The molecule has 2 aliphatic rings. The highest BCUT2D eigenvalue weighted by atomic mass is 16.7. The summed E-state index contributed by atoms with van der Waals surface area (Å²) in [5, 5.41) is 72.1. The zero-order chi connectivity index (χ0) is 48.9. The van der Waals surface area contributed by atoms with Crippen molar-refractivity contribution in [2.24, 2.45) is 0 Å². The van der Waals surface area contributed by atoms with Crippen molar-refractivity contribution >= 4 is 11.9 Å². The molecule has 2 fully saturated rings. The Kier molecular flexibility index (Phi) is 36.5. The van der Waals surface area contributed by atoms with Gasteiger partial charge in [-0.1, -0.05) is 174 Å². The van der Waals surface area contributed by atoms with Crippen molar-refractivity contribution in [2.75, 3.05) is 26.4 Å². The molecule has 0 amide bonds. The first-order chi connectivity index (χ1) is 32.5. The van der Waals surface area contributed by atoms with Crippen LogP contribution in [0.5, 0.6) is 0 Å². The van der Waals surface area contributed by atoms with E-state index in [1.54, 1.807) is 0 Å². The average molecular weight is 961 g/mol. The van der Waals surface area contributed by atoms with Crippen LogP contribution in [0.2, 0.25) is 0 Å². The van der Waals surface area contributed by atoms with Crippen LogP contribution in [0.25, 0.3) is 0 Å². The molecule has 2 saturated heterocycles. The molecule has 15 nitrogen and oxygen atoms in total. The first kappa shape index (κ1) is 61.4. The van der Waals surface area contributed by atoms with Crippen molar-refractivity contribution < 1.29 is 73.8 Å². The number of allylic oxidation sites excluding steroid dienone is 2. The number of hydrogen-bond donors (Lipinski definition) is 7. The first-order valence-electron chi connectivity index (χ1n) is 26.8. The summed E-state index contributed by atoms with van der Waals surface area (Å²) in [6.07, 6.45) is 22.4. The summed E-state index contributed by atoms with van der Waals surface area (Å²) in [6.45, 7) is 2.59. The van der Waals surface area contributed by atoms with Crippen molar-refractivity contribution in [2.45, 2.75) is 280 Å². The van der Waals surface area contributed by atoms with Gasteiger partial charge in [-0.2, -0.15) is 0 Å². The highest BCUT2D eigenvalue weighted by molar-refractivity contribution is 5.70. The molecule has 394 valence electrons. The lowest BCUT2D eigenvalue weighted by molar-refractivity contribution is -0.332. The Labute approximate surface area is 403 Å². The van der Waals surface area contributed by atoms with Crippen LogP contribution in [0.15, 0.2) is 12.2 Å². The topological polar surface area (TPSA) is 231 Å². The van der Waals surface area contributed by atoms with Crippen LogP contribution >= 0.6 is 0 Å². The SMILES string of the molecule is CCCCCCCC/C=C/CCCCCC(=O)OC[C@H](CO[C@H]1O[C@@H](CO[C@H]2O[C@@H](CO)[C@@H](O)C(O)C2O)[C@@H](O)C(O)C1O)OC(=O)CCCCCCCCCCCCCCCCCCCC. The predicted molar refractivity (Wildman–Crippen MR) is 257 cm³/mol. The number of aliphatic hydroxyl groups is 7. The van der Waals surface area contributed by atoms with Gasteiger partial charge in [0.1, 0.15) is 55.4 Å². The summed E-state index contributed by atoms with van der Waals surface area (Å²) in [5.41, 5.74) is 0. The fourth-order valence-electron chi connectivity index (χ4n) is 8.57. The molecule has 2 heterocycles. The van der Waals surface area contributed by atoms with Gasteiger partial charge in [0.25, 0.3) is 0 Å². The van der Waals surface area contributed by atoms with Gasteiger partial charge in [-0.05, 0) is 38.5 Å². The number of ether oxygens (including phenoxy) is 6. The van der Waals surface area contributed by atoms with Crippen molar-refractivity contribution in [1.82, 2.24) is 0 Å². The fourth-order valence-corrected chi connectivity index (χ4v) is 8.57. The molecule has 0 saturated carbocycles. The van der Waals surface area contributed by atoms with E-state index in [0.29, 0.717) is 12.8 Å². The maximum atomic E-state index is 13.0. The molecule has 67 heavy (non-hydrogen) atoms. The summed E-state index contributed by atoms with van der Waals surface area (Å²) in [4.78, 5) is 25.8. The smallest absolute Gasteiger partial charge is 0.306 e. The van der Waals surface area contributed by atoms with Gasteiger partial charge in [0.2, 0.25) is 0 Å². The molecular weight excluding hydrogens is 865 g/mol. The summed E-state index contributed by atoms with van der Waals surface area (Å²) in [7, 11) is 0. The first-order valence-corrected chi connectivity index (χ1v) is 26.8. The Balaban J connectivity index is 1.79. The number of rotatable bonds is 42. The van der Waals surface area contributed by atoms with Crippen LogP contribution in [-0.4, -0.2) is 142 Å². The number of unbranched alkanes of at least 4 members (excludes halogenated alkanes) is 26. The molecule has 7 N–H and O–H groups in total. The summed E-state index contributed by atoms with van der Waals surface area (Å²) in [5.74, 6) is -0.932. The Morgan fingerprint density at radius 2 is 0.851 bits per heavy atom. The predicted octanol–water partition coefficient (Wildman–Crippen LogP) is 7.77. The maximum Gasteiger partial charge on any atom is 0.306 e. The van der Waals surface area contributed by atoms with E-state index < -0.39 is 92.7 Å². The zero-order valence-electron chi connectivity index (χ0n) is 41.7. The van der Waals surface area contributed by atoms with E-state index in [0.717, 1.165) is 44.9 Å². The number of carbonyl (C=O) groups excluding carboxylic acids is 2. The van der Waals surface area contributed by atoms with Crippen LogP contribution in [0.3, 0.4) is 0 Å². The Morgan fingerprint density at radius 1 is 0.463 bits per heavy atom. The molecule has 0 aromatic heterocycles. The quantitative estimate of drug-likeness (QED) is 0.0176. The largest absolute Gasteiger partial charge is 0.462 e. The lowest BCUT2D eigenvalue weighted by Gasteiger charge is -2.42. The molecule has 0 bridgehead atoms. The van der Waals surface area contributed by atoms with E-state index >= 15 is 0 Å². The Morgan fingerprint density at radius 3 is 1.33 bits per heavy atom. The van der Waals surface area contributed by atoms with Gasteiger partial charge in [-0.15, -0.1) is 0 Å². The van der Waals surface area contributed by atoms with Gasteiger partial charge in [-0.25, -0.2) is 0 Å². The second-order valence-corrected chi connectivity index (χ2v) is 19.1. The van der Waals surface area contributed by atoms with Crippen molar-refractivity contribution in [3.05, 3.63) is 12.2 Å². The third-order valence-corrected chi connectivity index (χ3v) is 13.0. The second kappa shape index (κ2) is 39.9. The Bertz CT molecular complexity index is 1220. The zero-order valence-corrected chi connectivity index (χ0v) is 41.7. The lowest BCUT2D eigenvalue weighted by Crippen LogP contribution is -2.61. The van der Waals surface area contributed by atoms with E-state index in [4.69, 9.17) is 28.4 Å². The number of hydrogen-bond acceptors (Lipinski definition) is 15. The molecule has 4 unspecified atom stereocenters. The second-order valence-electron chi connectivity index (χ2n) is 19.1. The molecular formula is C52H96O15. The van der Waals surface area contributed by atoms with E-state index in [9.17, 15) is 45.3 Å². The van der Waals surface area contributed by atoms with Crippen LogP contribution in [0.1, 0.15) is 213 Å². The summed E-state index contributed by atoms with van der Waals surface area (Å²) >= 11 is 0. The van der Waals surface area contributed by atoms with Crippen molar-refractivity contribution in [3.63, 3.8) is 0 Å². The summed E-state index contributed by atoms with van der Waals surface area (Å²) < 4.78 is 33.6. The van der Waals surface area contributed by atoms with E-state index in [2.05, 4.69) is 26.0 Å². The standard InChI is InChI=1S/C52H96O15/c1-3-5-7-9-11-13-15-17-18-19-20-21-23-25-27-29-31-33-35-44(55)65-40(37-62-43(54)34-32-30-28-26-24-22-16-14-12-10-8-6-4-2)38-63-51-50(61)48(59)46(57)42(67-51)39-64-52-49(60)47(58)45(56)41(36-53)66-52/h22,24,40-42,45-53,56-61H,3-21,23,25-39H2,1-2H3/b24-22+/t40-,41+,42+,45-,46-,47?,48?,49?,50?,51+,52+/m1/s1. The lowest BCUT2D eigenvalue weighted by atomic mass is 9.98. The minimum Gasteiger partial charge on any atom is -0.462 e. The van der Waals surface area contributed by atoms with Crippen LogP contribution in [-0.2, 0) is 38.0 Å². The van der Waals surface area contributed by atoms with Gasteiger partial charge < -0.3 is 64.2 Å². The molecule has 0 spiro atoms. The minimum atomic E-state index is -1.76. The van der Waals surface area contributed by atoms with E-state index in [-0.39, 0.29) is 26.1 Å². The van der Waals surface area contributed by atoms with Gasteiger partial charge in [-0.3, -0.25) is 9.59 Å². The molecule has 0 aromatic carbocycles. The summed E-state index contributed by atoms with van der Waals surface area (Å²) in [6, 6.07) is 0. The molecule has 0 aliphatic carbocycles. The van der Waals surface area contributed by atoms with Crippen LogP contribution < -0.4 is 0 Å². The minimum absolute atomic E-state index is 0.168. The van der Waals surface area contributed by atoms with Crippen LogP contribution in [0.4, 0.5) is 0 Å². The Hall–Kier alpha value is -1.76. The highest BCUT2D eigenvalue weighted by Crippen LogP contribution is 2.27. The number of carbonyl (C=O) groups is 2. The third-order valence-electron chi connectivity index (χ3n) is 13.0. The molecule has 15 heteroatoms. The van der Waals surface area contributed by atoms with Crippen LogP contribution in [0, 0.1) is 0 Å². The maximum absolute atomic E-state index is 13.0. The van der Waals surface area contributed by atoms with Crippen molar-refractivity contribution in [3.8, 4) is 0 Å². The molecule has 2 aliphatic heterocycles. The van der Waals surface area contributed by atoms with Gasteiger partial charge in [0, 0.05) is 12.8 Å². The molecule has 2 rings (SSSR count). The average Bonchev–Trinajstić information content (AvgIpc) is 3.32. The molecule has 11 atom stereocenters. The highest BCUT2D eigenvalue weighted by Gasteiger charge is 2.47. The number of aliphatic hydroxyl groups excluding tert-OH is 7. The van der Waals surface area contributed by atoms with E-state index in [1.807, 2.05) is 0 Å². The normalized spacial score (nSPS) is 26.0. The fraction of sp³-hybridized carbons (Fsp3) is 0.923. The monoisotopic (exact) mass is 961 g/mol. The number of esters is 2. The molecule has 0 aromatic rings.